The summed E-state index contributed by atoms with van der Waals surface area (Å²) < 4.78 is 28.1. The van der Waals surface area contributed by atoms with Crippen LogP contribution in [0, 0.1) is 0 Å². The average Bonchev–Trinajstić information content (AvgIpc) is 2.77. The average molecular weight is 288 g/mol. The van der Waals surface area contributed by atoms with Gasteiger partial charge in [-0.25, -0.2) is 8.42 Å². The van der Waals surface area contributed by atoms with Gasteiger partial charge < -0.3 is 9.84 Å². The van der Waals surface area contributed by atoms with E-state index in [1.165, 1.54) is 0 Å². The number of carbonyl (C=O) groups is 1. The summed E-state index contributed by atoms with van der Waals surface area (Å²) in [5.41, 5.74) is 0.186. The Hall–Kier alpha value is -1.37. The van der Waals surface area contributed by atoms with Crippen LogP contribution in [0.4, 0.5) is 0 Å². The summed E-state index contributed by atoms with van der Waals surface area (Å²) in [5.74, 6) is 0.170. The monoisotopic (exact) mass is 288 g/mol. The maximum absolute atomic E-state index is 11.7. The molecule has 1 N–H and O–H groups in total. The predicted molar refractivity (Wildman–Crippen MR) is 71.8 cm³/mol. The first-order valence-electron chi connectivity index (χ1n) is 6.32. The van der Waals surface area contributed by atoms with Gasteiger partial charge in [-0.3, -0.25) is 4.79 Å². The Morgan fingerprint density at radius 2 is 2.16 bits per heavy atom. The number of carbonyl (C=O) groups excluding carboxylic acids is 1. The van der Waals surface area contributed by atoms with E-state index in [1.54, 1.807) is 19.9 Å². The molecule has 0 saturated heterocycles. The molecule has 19 heavy (non-hydrogen) atoms. The molecule has 108 valence electrons. The van der Waals surface area contributed by atoms with E-state index in [9.17, 15) is 13.2 Å². The second-order valence-corrected chi connectivity index (χ2v) is 7.28. The Balaban J connectivity index is 2.47. The molecule has 1 heterocycles. The second-order valence-electron chi connectivity index (χ2n) is 4.60. The standard InChI is InChI=1S/C12H20N2O4S/c1-4-5-10-8-11(14-18-10)12(15)13-6-7-19(16,17)9(2)3/h8-9H,4-7H2,1-3H3,(H,13,15). The quantitative estimate of drug-likeness (QED) is 0.813. The van der Waals surface area contributed by atoms with Crippen LogP contribution < -0.4 is 5.32 Å². The number of aryl methyl sites for hydroxylation is 1. The van der Waals surface area contributed by atoms with Crippen molar-refractivity contribution in [1.29, 1.82) is 0 Å². The Morgan fingerprint density at radius 1 is 1.47 bits per heavy atom. The molecule has 0 spiro atoms. The van der Waals surface area contributed by atoms with Gasteiger partial charge in [-0.2, -0.15) is 0 Å². The van der Waals surface area contributed by atoms with Crippen LogP contribution >= 0.6 is 0 Å². The lowest BCUT2D eigenvalue weighted by Crippen LogP contribution is -2.31. The summed E-state index contributed by atoms with van der Waals surface area (Å²) in [6.45, 7) is 5.31. The number of sulfone groups is 1. The van der Waals surface area contributed by atoms with Gasteiger partial charge in [0.15, 0.2) is 15.5 Å². The summed E-state index contributed by atoms with van der Waals surface area (Å²) in [4.78, 5) is 11.7. The van der Waals surface area contributed by atoms with Crippen molar-refractivity contribution in [2.75, 3.05) is 12.3 Å². The molecule has 0 saturated carbocycles. The van der Waals surface area contributed by atoms with E-state index in [4.69, 9.17) is 4.52 Å². The summed E-state index contributed by atoms with van der Waals surface area (Å²) >= 11 is 0. The predicted octanol–water partition coefficient (Wildman–Crippen LogP) is 1.18. The molecule has 0 aliphatic carbocycles. The van der Waals surface area contributed by atoms with E-state index in [-0.39, 0.29) is 18.0 Å². The van der Waals surface area contributed by atoms with Gasteiger partial charge >= 0.3 is 0 Å². The highest BCUT2D eigenvalue weighted by molar-refractivity contribution is 7.92. The molecule has 0 bridgehead atoms. The van der Waals surface area contributed by atoms with Crippen molar-refractivity contribution in [2.24, 2.45) is 0 Å². The van der Waals surface area contributed by atoms with Gasteiger partial charge in [0.05, 0.1) is 11.0 Å². The summed E-state index contributed by atoms with van der Waals surface area (Å²) in [7, 11) is -3.14. The van der Waals surface area contributed by atoms with Crippen molar-refractivity contribution in [2.45, 2.75) is 38.9 Å². The molecule has 1 aromatic rings. The van der Waals surface area contributed by atoms with Crippen molar-refractivity contribution in [1.82, 2.24) is 10.5 Å². The van der Waals surface area contributed by atoms with Crippen LogP contribution in [0.5, 0.6) is 0 Å². The Labute approximate surface area is 113 Å². The van der Waals surface area contributed by atoms with Crippen molar-refractivity contribution < 1.29 is 17.7 Å². The first kappa shape index (κ1) is 15.7. The highest BCUT2D eigenvalue weighted by Crippen LogP contribution is 2.06. The number of amides is 1. The molecule has 0 radical (unpaired) electrons. The minimum Gasteiger partial charge on any atom is -0.361 e. The van der Waals surface area contributed by atoms with Crippen LogP contribution in [0.3, 0.4) is 0 Å². The fourth-order valence-electron chi connectivity index (χ4n) is 1.42. The van der Waals surface area contributed by atoms with Gasteiger partial charge in [-0.1, -0.05) is 12.1 Å². The maximum atomic E-state index is 11.7. The van der Waals surface area contributed by atoms with Crippen molar-refractivity contribution in [3.63, 3.8) is 0 Å². The SMILES string of the molecule is CCCc1cc(C(=O)NCCS(=O)(=O)C(C)C)no1. The summed E-state index contributed by atoms with van der Waals surface area (Å²) in [5, 5.41) is 5.74. The zero-order chi connectivity index (χ0) is 14.5. The van der Waals surface area contributed by atoms with E-state index < -0.39 is 21.0 Å². The number of nitrogens with zero attached hydrogens (tertiary/aromatic N) is 1. The number of hydrogen-bond acceptors (Lipinski definition) is 5. The van der Waals surface area contributed by atoms with Gasteiger partial charge in [0.2, 0.25) is 0 Å². The molecular formula is C12H20N2O4S. The lowest BCUT2D eigenvalue weighted by atomic mass is 10.2. The Bertz CT molecular complexity index is 520. The van der Waals surface area contributed by atoms with Crippen molar-refractivity contribution in [3.8, 4) is 0 Å². The normalized spacial score (nSPS) is 11.8. The Morgan fingerprint density at radius 3 is 2.74 bits per heavy atom. The largest absolute Gasteiger partial charge is 0.361 e. The number of hydrogen-bond donors (Lipinski definition) is 1. The topological polar surface area (TPSA) is 89.3 Å². The van der Waals surface area contributed by atoms with Crippen LogP contribution in [0.25, 0.3) is 0 Å². The van der Waals surface area contributed by atoms with Crippen molar-refractivity contribution in [3.05, 3.63) is 17.5 Å². The van der Waals surface area contributed by atoms with Crippen LogP contribution in [0.1, 0.15) is 43.4 Å². The first-order chi connectivity index (χ1) is 8.86. The zero-order valence-electron chi connectivity index (χ0n) is 11.5. The molecule has 0 aromatic carbocycles. The molecule has 0 aliphatic rings. The third-order valence-electron chi connectivity index (χ3n) is 2.68. The highest BCUT2D eigenvalue weighted by atomic mass is 32.2. The molecule has 0 aliphatic heterocycles. The lowest BCUT2D eigenvalue weighted by molar-refractivity contribution is 0.0947. The van der Waals surface area contributed by atoms with Crippen LogP contribution in [0.2, 0.25) is 0 Å². The van der Waals surface area contributed by atoms with E-state index in [0.717, 1.165) is 12.8 Å². The Kier molecular flexibility index (Phi) is 5.53. The summed E-state index contributed by atoms with van der Waals surface area (Å²) in [6, 6.07) is 1.58. The van der Waals surface area contributed by atoms with Gasteiger partial charge in [0.1, 0.15) is 5.76 Å². The van der Waals surface area contributed by atoms with Crippen molar-refractivity contribution >= 4 is 15.7 Å². The molecule has 1 amide bonds. The minimum atomic E-state index is -3.14. The number of nitrogens with one attached hydrogen (secondary N) is 1. The first-order valence-corrected chi connectivity index (χ1v) is 8.03. The van der Waals surface area contributed by atoms with E-state index in [0.29, 0.717) is 5.76 Å². The summed E-state index contributed by atoms with van der Waals surface area (Å²) in [6.07, 6.45) is 1.63. The van der Waals surface area contributed by atoms with Gasteiger partial charge in [-0.05, 0) is 20.3 Å². The molecule has 7 heteroatoms. The molecule has 0 fully saturated rings. The molecular weight excluding hydrogens is 268 g/mol. The van der Waals surface area contributed by atoms with Gasteiger partial charge in [0.25, 0.3) is 5.91 Å². The molecule has 0 unspecified atom stereocenters. The third kappa shape index (κ3) is 4.66. The van der Waals surface area contributed by atoms with E-state index in [2.05, 4.69) is 10.5 Å². The van der Waals surface area contributed by atoms with Crippen LogP contribution in [-0.2, 0) is 16.3 Å². The van der Waals surface area contributed by atoms with Gasteiger partial charge in [0, 0.05) is 19.0 Å². The lowest BCUT2D eigenvalue weighted by Gasteiger charge is -2.07. The zero-order valence-corrected chi connectivity index (χ0v) is 12.3. The van der Waals surface area contributed by atoms with Crippen LogP contribution in [-0.4, -0.2) is 37.0 Å². The molecule has 6 nitrogen and oxygen atoms in total. The second kappa shape index (κ2) is 6.70. The molecule has 1 rings (SSSR count). The fraction of sp³-hybridized carbons (Fsp3) is 0.667. The third-order valence-corrected chi connectivity index (χ3v) is 4.89. The van der Waals surface area contributed by atoms with Gasteiger partial charge in [-0.15, -0.1) is 0 Å². The highest BCUT2D eigenvalue weighted by Gasteiger charge is 2.17. The molecule has 0 atom stereocenters. The molecule has 1 aromatic heterocycles. The minimum absolute atomic E-state index is 0.0733. The van der Waals surface area contributed by atoms with E-state index >= 15 is 0 Å². The number of aromatic nitrogens is 1. The van der Waals surface area contributed by atoms with Crippen LogP contribution in [0.15, 0.2) is 10.6 Å². The maximum Gasteiger partial charge on any atom is 0.273 e. The number of rotatable bonds is 7. The smallest absolute Gasteiger partial charge is 0.273 e. The van der Waals surface area contributed by atoms with E-state index in [1.807, 2.05) is 6.92 Å². The fourth-order valence-corrected chi connectivity index (χ4v) is 2.28.